The summed E-state index contributed by atoms with van der Waals surface area (Å²) in [6.45, 7) is 1.14. The molecule has 1 saturated carbocycles. The molecule has 1 amide bonds. The zero-order valence-corrected chi connectivity index (χ0v) is 25.4. The second-order valence-electron chi connectivity index (χ2n) is 11.9. The van der Waals surface area contributed by atoms with Gasteiger partial charge in [0.15, 0.2) is 5.82 Å². The minimum atomic E-state index is -0.731. The molecule has 2 aromatic heterocycles. The molecule has 3 aromatic carbocycles. The van der Waals surface area contributed by atoms with Crippen LogP contribution in [-0.4, -0.2) is 39.0 Å². The van der Waals surface area contributed by atoms with E-state index in [1.807, 2.05) is 24.3 Å². The molecule has 1 aliphatic carbocycles. The first-order chi connectivity index (χ1) is 21.9. The standard InChI is InChI=1S/C35H36N4O6/c1-38-33(37-35(42)45-38)28(18-21-8-11-24(40)12-9-21)36-34(41)23-10-14-26-29(19-23)39-16-17-44-30-20-25(43-2)13-15-27(30)32(39)31(26)22-6-4-3-5-7-22/h8-15,19-20,22,28,40H,3-7,16-18H2,1-2H3,(H,36,41)/t28-/m0/s1. The first-order valence-corrected chi connectivity index (χ1v) is 15.5. The normalized spacial score (nSPS) is 15.5. The lowest BCUT2D eigenvalue weighted by atomic mass is 9.81. The summed E-state index contributed by atoms with van der Waals surface area (Å²) in [5.41, 5.74) is 5.88. The molecule has 0 unspecified atom stereocenters. The fraction of sp³-hybridized carbons (Fsp3) is 0.343. The SMILES string of the molecule is COc1ccc2c(c1)OCCn1c-2c(C2CCCCC2)c2ccc(C(=O)N[C@@H](Cc3ccc(O)cc3)c3nc(=O)on3C)cc21. The third kappa shape index (κ3) is 5.45. The van der Waals surface area contributed by atoms with Crippen molar-refractivity contribution in [1.29, 1.82) is 0 Å². The van der Waals surface area contributed by atoms with Crippen LogP contribution in [-0.2, 0) is 20.0 Å². The lowest BCUT2D eigenvalue weighted by Gasteiger charge is -2.23. The van der Waals surface area contributed by atoms with Gasteiger partial charge < -0.3 is 29.0 Å². The molecule has 0 spiro atoms. The van der Waals surface area contributed by atoms with Gasteiger partial charge in [0.1, 0.15) is 23.9 Å². The molecule has 2 N–H and O–H groups in total. The largest absolute Gasteiger partial charge is 0.508 e. The Kier molecular flexibility index (Phi) is 7.56. The molecule has 2 aliphatic rings. The van der Waals surface area contributed by atoms with Crippen LogP contribution in [0.2, 0.25) is 0 Å². The van der Waals surface area contributed by atoms with Gasteiger partial charge in [0.25, 0.3) is 5.91 Å². The molecule has 5 aromatic rings. The molecular weight excluding hydrogens is 572 g/mol. The molecule has 1 fully saturated rings. The van der Waals surface area contributed by atoms with E-state index in [0.29, 0.717) is 36.9 Å². The van der Waals surface area contributed by atoms with E-state index < -0.39 is 11.8 Å². The van der Waals surface area contributed by atoms with E-state index in [9.17, 15) is 14.7 Å². The van der Waals surface area contributed by atoms with Crippen LogP contribution >= 0.6 is 0 Å². The van der Waals surface area contributed by atoms with Crippen molar-refractivity contribution in [3.05, 3.63) is 93.7 Å². The number of nitrogens with zero attached hydrogens (tertiary/aromatic N) is 3. The summed E-state index contributed by atoms with van der Waals surface area (Å²) in [5, 5.41) is 14.0. The fourth-order valence-corrected chi connectivity index (χ4v) is 7.00. The first-order valence-electron chi connectivity index (χ1n) is 15.5. The number of phenols is 1. The number of rotatable bonds is 7. The average molecular weight is 609 g/mol. The Labute approximate surface area is 260 Å². The maximum absolute atomic E-state index is 13.9. The molecule has 0 radical (unpaired) electrons. The molecule has 10 heteroatoms. The number of ether oxygens (including phenoxy) is 2. The van der Waals surface area contributed by atoms with E-state index in [-0.39, 0.29) is 11.7 Å². The number of aryl methyl sites for hydroxylation is 1. The number of hydrogen-bond donors (Lipinski definition) is 2. The fourth-order valence-electron chi connectivity index (χ4n) is 7.00. The van der Waals surface area contributed by atoms with Gasteiger partial charge in [-0.25, -0.2) is 4.79 Å². The van der Waals surface area contributed by atoms with E-state index in [1.54, 1.807) is 38.4 Å². The number of hydrogen-bond acceptors (Lipinski definition) is 7. The predicted octanol–water partition coefficient (Wildman–Crippen LogP) is 5.86. The van der Waals surface area contributed by atoms with Crippen LogP contribution in [0, 0.1) is 0 Å². The summed E-state index contributed by atoms with van der Waals surface area (Å²) in [5.74, 6) is 1.42. The molecule has 232 valence electrons. The highest BCUT2D eigenvalue weighted by Gasteiger charge is 2.30. The van der Waals surface area contributed by atoms with Gasteiger partial charge in [-0.2, -0.15) is 9.72 Å². The number of amides is 1. The van der Waals surface area contributed by atoms with Crippen molar-refractivity contribution in [1.82, 2.24) is 19.6 Å². The highest BCUT2D eigenvalue weighted by atomic mass is 16.5. The van der Waals surface area contributed by atoms with Crippen molar-refractivity contribution in [2.24, 2.45) is 7.05 Å². The van der Waals surface area contributed by atoms with E-state index in [2.05, 4.69) is 27.0 Å². The molecule has 3 heterocycles. The number of carbonyl (C=O) groups is 1. The van der Waals surface area contributed by atoms with E-state index in [1.165, 1.54) is 29.6 Å². The number of methoxy groups -OCH3 is 1. The Morgan fingerprint density at radius 2 is 1.89 bits per heavy atom. The zero-order chi connectivity index (χ0) is 31.1. The molecule has 10 nitrogen and oxygen atoms in total. The lowest BCUT2D eigenvalue weighted by molar-refractivity contribution is 0.0932. The van der Waals surface area contributed by atoms with Crippen LogP contribution < -0.4 is 20.5 Å². The van der Waals surface area contributed by atoms with Crippen molar-refractivity contribution in [2.45, 2.75) is 57.0 Å². The lowest BCUT2D eigenvalue weighted by Crippen LogP contribution is -2.32. The monoisotopic (exact) mass is 608 g/mol. The average Bonchev–Trinajstić information content (AvgIpc) is 3.49. The number of fused-ring (bicyclic) bond motifs is 5. The second-order valence-corrected chi connectivity index (χ2v) is 11.9. The molecule has 7 rings (SSSR count). The van der Waals surface area contributed by atoms with E-state index >= 15 is 0 Å². The van der Waals surface area contributed by atoms with Gasteiger partial charge in [-0.3, -0.25) is 4.79 Å². The Morgan fingerprint density at radius 3 is 2.62 bits per heavy atom. The van der Waals surface area contributed by atoms with Crippen molar-refractivity contribution < 1.29 is 23.9 Å². The van der Waals surface area contributed by atoms with Gasteiger partial charge in [0, 0.05) is 41.6 Å². The summed E-state index contributed by atoms with van der Waals surface area (Å²) < 4.78 is 20.4. The van der Waals surface area contributed by atoms with Gasteiger partial charge >= 0.3 is 5.76 Å². The summed E-state index contributed by atoms with van der Waals surface area (Å²) in [4.78, 5) is 29.9. The highest BCUT2D eigenvalue weighted by Crippen LogP contribution is 2.47. The number of nitrogens with one attached hydrogen (secondary N) is 1. The van der Waals surface area contributed by atoms with Crippen LogP contribution in [0.5, 0.6) is 17.2 Å². The third-order valence-electron chi connectivity index (χ3n) is 9.13. The Morgan fingerprint density at radius 1 is 1.09 bits per heavy atom. The molecule has 0 saturated heterocycles. The Hall–Kier alpha value is -4.99. The van der Waals surface area contributed by atoms with E-state index in [0.717, 1.165) is 52.1 Å². The zero-order valence-electron chi connectivity index (χ0n) is 25.4. The Balaban J connectivity index is 1.30. The second kappa shape index (κ2) is 11.8. The van der Waals surface area contributed by atoms with Crippen LogP contribution in [0.25, 0.3) is 22.2 Å². The van der Waals surface area contributed by atoms with Crippen LogP contribution in [0.3, 0.4) is 0 Å². The van der Waals surface area contributed by atoms with Crippen LogP contribution in [0.4, 0.5) is 0 Å². The van der Waals surface area contributed by atoms with E-state index in [4.69, 9.17) is 14.0 Å². The maximum atomic E-state index is 13.9. The van der Waals surface area contributed by atoms with Gasteiger partial charge in [-0.05, 0) is 66.3 Å². The number of benzene rings is 3. The highest BCUT2D eigenvalue weighted by molar-refractivity contribution is 6.01. The van der Waals surface area contributed by atoms with Gasteiger partial charge in [-0.1, -0.05) is 37.5 Å². The number of aromatic nitrogens is 3. The minimum Gasteiger partial charge on any atom is -0.508 e. The number of phenolic OH excluding ortho intramolecular Hbond substituents is 1. The van der Waals surface area contributed by atoms with Crippen molar-refractivity contribution in [3.63, 3.8) is 0 Å². The minimum absolute atomic E-state index is 0.146. The molecule has 0 bridgehead atoms. The first kappa shape index (κ1) is 28.8. The Bertz CT molecular complexity index is 1930. The summed E-state index contributed by atoms with van der Waals surface area (Å²) in [7, 11) is 3.25. The maximum Gasteiger partial charge on any atom is 0.459 e. The molecule has 1 atom stereocenters. The summed E-state index contributed by atoms with van der Waals surface area (Å²) >= 11 is 0. The molecule has 45 heavy (non-hydrogen) atoms. The van der Waals surface area contributed by atoms with Gasteiger partial charge in [0.2, 0.25) is 0 Å². The topological polar surface area (TPSA) is 121 Å². The summed E-state index contributed by atoms with van der Waals surface area (Å²) in [6.07, 6.45) is 6.28. The van der Waals surface area contributed by atoms with Crippen molar-refractivity contribution >= 4 is 16.8 Å². The van der Waals surface area contributed by atoms with Crippen LogP contribution in [0.1, 0.15) is 71.4 Å². The molecular formula is C35H36N4O6. The quantitative estimate of drug-likeness (QED) is 0.237. The third-order valence-corrected chi connectivity index (χ3v) is 9.13. The van der Waals surface area contributed by atoms with Crippen molar-refractivity contribution in [3.8, 4) is 28.5 Å². The van der Waals surface area contributed by atoms with Crippen molar-refractivity contribution in [2.75, 3.05) is 13.7 Å². The number of aromatic hydroxyl groups is 1. The number of carbonyl (C=O) groups excluding carboxylic acids is 1. The summed E-state index contributed by atoms with van der Waals surface area (Å²) in [6, 6.07) is 18.0. The van der Waals surface area contributed by atoms with Gasteiger partial charge in [0.05, 0.1) is 25.4 Å². The van der Waals surface area contributed by atoms with Crippen LogP contribution in [0.15, 0.2) is 70.0 Å². The molecule has 1 aliphatic heterocycles. The smallest absolute Gasteiger partial charge is 0.459 e. The van der Waals surface area contributed by atoms with Gasteiger partial charge in [-0.15, -0.1) is 0 Å². The predicted molar refractivity (Wildman–Crippen MR) is 169 cm³/mol.